The highest BCUT2D eigenvalue weighted by Gasteiger charge is 2.27. The van der Waals surface area contributed by atoms with Gasteiger partial charge in [0.25, 0.3) is 0 Å². The summed E-state index contributed by atoms with van der Waals surface area (Å²) in [5.74, 6) is -0.952. The molecule has 3 atom stereocenters. The fraction of sp³-hybridized carbons (Fsp3) is 0.913. The lowest BCUT2D eigenvalue weighted by Gasteiger charge is -2.20. The van der Waals surface area contributed by atoms with Crippen LogP contribution in [0.15, 0.2) is 0 Å². The lowest BCUT2D eigenvalue weighted by molar-refractivity contribution is -0.161. The van der Waals surface area contributed by atoms with Gasteiger partial charge in [-0.05, 0) is 12.8 Å². The van der Waals surface area contributed by atoms with Gasteiger partial charge in [0.1, 0.15) is 12.7 Å². The Hall–Kier alpha value is -1.03. The molecule has 0 spiro atoms. The number of carbonyl (C=O) groups excluding carboxylic acids is 2. The maximum atomic E-state index is 12.2. The molecule has 0 saturated heterocycles. The van der Waals surface area contributed by atoms with Crippen molar-refractivity contribution in [3.8, 4) is 0 Å². The number of rotatable bonds is 23. The topological polar surface area (TPSA) is 149 Å². The van der Waals surface area contributed by atoms with Gasteiger partial charge in [-0.3, -0.25) is 18.6 Å². The molecule has 0 saturated carbocycles. The maximum Gasteiger partial charge on any atom is 0.472 e. The molecule has 0 fully saturated rings. The molecule has 0 aromatic heterocycles. The fourth-order valence-electron chi connectivity index (χ4n) is 2.99. The van der Waals surface area contributed by atoms with E-state index >= 15 is 0 Å². The van der Waals surface area contributed by atoms with E-state index in [0.717, 1.165) is 57.8 Å². The molecule has 0 aliphatic rings. The van der Waals surface area contributed by atoms with Crippen molar-refractivity contribution in [3.05, 3.63) is 0 Å². The second-order valence-corrected chi connectivity index (χ2v) is 9.83. The van der Waals surface area contributed by atoms with Gasteiger partial charge >= 0.3 is 19.8 Å². The van der Waals surface area contributed by atoms with Gasteiger partial charge in [-0.25, -0.2) is 4.57 Å². The van der Waals surface area contributed by atoms with Crippen LogP contribution in [0, 0.1) is 0 Å². The number of phosphoric acid groups is 1. The summed E-state index contributed by atoms with van der Waals surface area (Å²) in [5, 5.41) is 18.0. The first kappa shape index (κ1) is 33.0. The van der Waals surface area contributed by atoms with Crippen molar-refractivity contribution in [2.75, 3.05) is 26.4 Å². The third kappa shape index (κ3) is 20.4. The van der Waals surface area contributed by atoms with Gasteiger partial charge in [0.15, 0.2) is 6.10 Å². The van der Waals surface area contributed by atoms with E-state index in [-0.39, 0.29) is 19.4 Å². The summed E-state index contributed by atoms with van der Waals surface area (Å²) in [6.07, 6.45) is 8.90. The molecule has 0 aromatic rings. The van der Waals surface area contributed by atoms with Crippen LogP contribution in [0.5, 0.6) is 0 Å². The van der Waals surface area contributed by atoms with E-state index in [4.69, 9.17) is 19.1 Å². The molecule has 10 nitrogen and oxygen atoms in total. The molecule has 0 radical (unpaired) electrons. The first-order valence-electron chi connectivity index (χ1n) is 12.5. The van der Waals surface area contributed by atoms with Gasteiger partial charge in [-0.1, -0.05) is 71.6 Å². The molecule has 0 aromatic carbocycles. The summed E-state index contributed by atoms with van der Waals surface area (Å²) < 4.78 is 31.9. The molecule has 0 amide bonds. The van der Waals surface area contributed by atoms with E-state index in [0.29, 0.717) is 12.8 Å². The van der Waals surface area contributed by atoms with Crippen molar-refractivity contribution in [3.63, 3.8) is 0 Å². The first-order chi connectivity index (χ1) is 16.2. The van der Waals surface area contributed by atoms with Crippen molar-refractivity contribution in [1.29, 1.82) is 0 Å². The van der Waals surface area contributed by atoms with E-state index in [1.165, 1.54) is 0 Å². The number of unbranched alkanes of at least 4 members (excludes halogenated alkanes) is 9. The smallest absolute Gasteiger partial charge is 0.462 e. The first-order valence-corrected chi connectivity index (χ1v) is 14.0. The molecule has 202 valence electrons. The van der Waals surface area contributed by atoms with Crippen LogP contribution in [0.3, 0.4) is 0 Å². The molecule has 11 heteroatoms. The van der Waals surface area contributed by atoms with Crippen LogP contribution in [-0.2, 0) is 32.7 Å². The van der Waals surface area contributed by atoms with Gasteiger partial charge < -0.3 is 24.6 Å². The summed E-state index contributed by atoms with van der Waals surface area (Å²) in [6.45, 7) is 2.14. The second kappa shape index (κ2) is 21.3. The Balaban J connectivity index is 4.59. The van der Waals surface area contributed by atoms with Crippen molar-refractivity contribution < 1.29 is 47.8 Å². The number of hydrogen-bond donors (Lipinski definition) is 3. The number of phosphoric ester groups is 1. The molecular weight excluding hydrogens is 467 g/mol. The van der Waals surface area contributed by atoms with Crippen LogP contribution in [-0.4, -0.2) is 65.7 Å². The van der Waals surface area contributed by atoms with Gasteiger partial charge in [-0.2, -0.15) is 0 Å². The van der Waals surface area contributed by atoms with E-state index in [9.17, 15) is 24.2 Å². The molecule has 0 aliphatic carbocycles. The third-order valence-electron chi connectivity index (χ3n) is 5.01. The fourth-order valence-corrected chi connectivity index (χ4v) is 3.78. The Morgan fingerprint density at radius 1 is 0.765 bits per heavy atom. The van der Waals surface area contributed by atoms with Crippen LogP contribution < -0.4 is 0 Å². The zero-order valence-electron chi connectivity index (χ0n) is 20.8. The minimum Gasteiger partial charge on any atom is -0.462 e. The number of esters is 2. The highest BCUT2D eigenvalue weighted by Crippen LogP contribution is 2.43. The molecule has 0 aliphatic heterocycles. The lowest BCUT2D eigenvalue weighted by atomic mass is 10.1. The van der Waals surface area contributed by atoms with Gasteiger partial charge in [0, 0.05) is 12.8 Å². The number of carbonyl (C=O) groups is 2. The van der Waals surface area contributed by atoms with E-state index < -0.39 is 51.8 Å². The monoisotopic (exact) mass is 512 g/mol. The van der Waals surface area contributed by atoms with E-state index in [1.807, 2.05) is 0 Å². The zero-order valence-corrected chi connectivity index (χ0v) is 21.7. The van der Waals surface area contributed by atoms with Crippen LogP contribution in [0.25, 0.3) is 0 Å². The number of aliphatic hydroxyl groups is 2. The second-order valence-electron chi connectivity index (χ2n) is 8.37. The average molecular weight is 513 g/mol. The maximum absolute atomic E-state index is 12.2. The van der Waals surface area contributed by atoms with E-state index in [2.05, 4.69) is 18.4 Å². The SMILES string of the molecule is CCCCCCCCC(=O)OC(COC(=O)CCCCCCC)COP(=O)(O)OCC(O)CO. The predicted molar refractivity (Wildman–Crippen MR) is 127 cm³/mol. The average Bonchev–Trinajstić information content (AvgIpc) is 2.81. The minimum atomic E-state index is -4.57. The summed E-state index contributed by atoms with van der Waals surface area (Å²) in [4.78, 5) is 33.9. The number of ether oxygens (including phenoxy) is 2. The molecule has 0 rings (SSSR count). The summed E-state index contributed by atoms with van der Waals surface area (Å²) in [7, 11) is -4.57. The Morgan fingerprint density at radius 2 is 1.26 bits per heavy atom. The Labute approximate surface area is 203 Å². The van der Waals surface area contributed by atoms with Gasteiger partial charge in [0.05, 0.1) is 19.8 Å². The standard InChI is InChI=1S/C23H45O10P/c1-3-5-7-9-11-13-15-23(27)33-21(18-30-22(26)14-12-10-8-6-4-2)19-32-34(28,29)31-17-20(25)16-24/h20-21,24-25H,3-19H2,1-2H3,(H,28,29). The Bertz CT molecular complexity index is 572. The van der Waals surface area contributed by atoms with Crippen LogP contribution in [0.4, 0.5) is 0 Å². The van der Waals surface area contributed by atoms with Crippen molar-refractivity contribution in [1.82, 2.24) is 0 Å². The highest BCUT2D eigenvalue weighted by atomic mass is 31.2. The quantitative estimate of drug-likeness (QED) is 0.104. The Morgan fingerprint density at radius 3 is 1.82 bits per heavy atom. The molecule has 3 N–H and O–H groups in total. The molecule has 0 heterocycles. The molecular formula is C23H45O10P. The van der Waals surface area contributed by atoms with Crippen molar-refractivity contribution in [2.24, 2.45) is 0 Å². The third-order valence-corrected chi connectivity index (χ3v) is 5.96. The predicted octanol–water partition coefficient (Wildman–Crippen LogP) is 4.04. The largest absolute Gasteiger partial charge is 0.472 e. The highest BCUT2D eigenvalue weighted by molar-refractivity contribution is 7.47. The van der Waals surface area contributed by atoms with E-state index in [1.54, 1.807) is 0 Å². The van der Waals surface area contributed by atoms with Crippen molar-refractivity contribution >= 4 is 19.8 Å². The number of hydrogen-bond acceptors (Lipinski definition) is 9. The van der Waals surface area contributed by atoms with Crippen LogP contribution in [0.1, 0.15) is 97.3 Å². The molecule has 0 bridgehead atoms. The number of aliphatic hydroxyl groups excluding tert-OH is 2. The van der Waals surface area contributed by atoms with Crippen LogP contribution >= 0.6 is 7.82 Å². The summed E-state index contributed by atoms with van der Waals surface area (Å²) in [6, 6.07) is 0. The Kier molecular flexibility index (Phi) is 20.6. The normalized spacial score (nSPS) is 14.9. The lowest BCUT2D eigenvalue weighted by Crippen LogP contribution is -2.29. The molecule has 3 unspecified atom stereocenters. The van der Waals surface area contributed by atoms with Crippen molar-refractivity contribution in [2.45, 2.75) is 110 Å². The van der Waals surface area contributed by atoms with Crippen LogP contribution in [0.2, 0.25) is 0 Å². The minimum absolute atomic E-state index is 0.185. The molecule has 34 heavy (non-hydrogen) atoms. The van der Waals surface area contributed by atoms with Gasteiger partial charge in [0.2, 0.25) is 0 Å². The summed E-state index contributed by atoms with van der Waals surface area (Å²) in [5.41, 5.74) is 0. The summed E-state index contributed by atoms with van der Waals surface area (Å²) >= 11 is 0. The zero-order chi connectivity index (χ0) is 25.7. The van der Waals surface area contributed by atoms with Gasteiger partial charge in [-0.15, -0.1) is 0 Å².